The zero-order valence-corrected chi connectivity index (χ0v) is 10.4. The van der Waals surface area contributed by atoms with Crippen molar-refractivity contribution in [3.8, 4) is 6.07 Å². The fourth-order valence-electron chi connectivity index (χ4n) is 1.66. The third kappa shape index (κ3) is 2.88. The second-order valence-corrected chi connectivity index (χ2v) is 4.10. The van der Waals surface area contributed by atoms with E-state index in [1.807, 2.05) is 18.7 Å². The number of hydrogen-bond donors (Lipinski definition) is 2. The zero-order valence-electron chi connectivity index (χ0n) is 10.4. The summed E-state index contributed by atoms with van der Waals surface area (Å²) in [6.07, 6.45) is 1.74. The monoisotopic (exact) mass is 248 g/mol. The minimum Gasteiger partial charge on any atom is -0.478 e. The molecule has 0 aliphatic heterocycles. The molecule has 0 saturated carbocycles. The zero-order chi connectivity index (χ0) is 13.7. The van der Waals surface area contributed by atoms with Crippen LogP contribution < -0.4 is 10.6 Å². The second-order valence-electron chi connectivity index (χ2n) is 4.10. The maximum Gasteiger partial charge on any atom is 0.337 e. The first-order chi connectivity index (χ1) is 8.49. The first kappa shape index (κ1) is 13.8. The summed E-state index contributed by atoms with van der Waals surface area (Å²) in [7, 11) is 0. The van der Waals surface area contributed by atoms with Crippen LogP contribution in [0, 0.1) is 11.3 Å². The molecule has 0 radical (unpaired) electrons. The molecular weight excluding hydrogens is 232 g/mol. The van der Waals surface area contributed by atoms with Crippen LogP contribution in [-0.2, 0) is 0 Å². The Kier molecular flexibility index (Phi) is 4.49. The van der Waals surface area contributed by atoms with Crippen molar-refractivity contribution < 1.29 is 9.90 Å². The van der Waals surface area contributed by atoms with E-state index < -0.39 is 5.97 Å². The molecule has 0 unspecified atom stereocenters. The van der Waals surface area contributed by atoms with Gasteiger partial charge in [0.1, 0.15) is 0 Å². The molecule has 0 fully saturated rings. The van der Waals surface area contributed by atoms with Crippen molar-refractivity contribution in [1.29, 1.82) is 5.26 Å². The van der Waals surface area contributed by atoms with Crippen LogP contribution in [0.2, 0.25) is 0 Å². The number of hydrogen-bond acceptors (Lipinski definition) is 5. The highest BCUT2D eigenvalue weighted by Crippen LogP contribution is 2.25. The highest BCUT2D eigenvalue weighted by molar-refractivity contribution is 5.96. The van der Waals surface area contributed by atoms with E-state index in [2.05, 4.69) is 11.1 Å². The summed E-state index contributed by atoms with van der Waals surface area (Å²) in [5, 5.41) is 17.6. The Morgan fingerprint density at radius 1 is 1.67 bits per heavy atom. The molecular formula is C12H16N4O2. The van der Waals surface area contributed by atoms with Crippen molar-refractivity contribution >= 4 is 17.5 Å². The van der Waals surface area contributed by atoms with E-state index in [1.165, 1.54) is 12.3 Å². The SMILES string of the molecule is CC(C)N(CCC#N)c1nccc(C(=O)O)c1N. The molecule has 1 heterocycles. The Morgan fingerprint density at radius 2 is 2.33 bits per heavy atom. The minimum absolute atomic E-state index is 0.0302. The Morgan fingerprint density at radius 3 is 2.83 bits per heavy atom. The number of nitrogens with zero attached hydrogens (tertiary/aromatic N) is 3. The van der Waals surface area contributed by atoms with Gasteiger partial charge in [0.2, 0.25) is 0 Å². The van der Waals surface area contributed by atoms with E-state index in [4.69, 9.17) is 16.1 Å². The summed E-state index contributed by atoms with van der Waals surface area (Å²) in [6, 6.07) is 3.50. The highest BCUT2D eigenvalue weighted by Gasteiger charge is 2.19. The molecule has 6 nitrogen and oxygen atoms in total. The van der Waals surface area contributed by atoms with E-state index in [9.17, 15) is 4.79 Å². The normalized spacial score (nSPS) is 10.1. The maximum absolute atomic E-state index is 11.0. The summed E-state index contributed by atoms with van der Waals surface area (Å²) in [5.41, 5.74) is 5.99. The molecule has 0 bridgehead atoms. The lowest BCUT2D eigenvalue weighted by atomic mass is 10.2. The lowest BCUT2D eigenvalue weighted by molar-refractivity contribution is 0.0698. The summed E-state index contributed by atoms with van der Waals surface area (Å²) in [4.78, 5) is 17.0. The first-order valence-corrected chi connectivity index (χ1v) is 5.60. The molecule has 1 aromatic rings. The molecule has 18 heavy (non-hydrogen) atoms. The largest absolute Gasteiger partial charge is 0.478 e. The predicted molar refractivity (Wildman–Crippen MR) is 68.3 cm³/mol. The van der Waals surface area contributed by atoms with Crippen LogP contribution in [0.1, 0.15) is 30.6 Å². The van der Waals surface area contributed by atoms with Crippen molar-refractivity contribution in [3.63, 3.8) is 0 Å². The molecule has 3 N–H and O–H groups in total. The lowest BCUT2D eigenvalue weighted by Gasteiger charge is -2.28. The van der Waals surface area contributed by atoms with Gasteiger partial charge in [-0.25, -0.2) is 9.78 Å². The fraction of sp³-hybridized carbons (Fsp3) is 0.417. The average Bonchev–Trinajstić information content (AvgIpc) is 2.30. The van der Waals surface area contributed by atoms with Crippen LogP contribution in [0.5, 0.6) is 0 Å². The summed E-state index contributed by atoms with van der Waals surface area (Å²) >= 11 is 0. The van der Waals surface area contributed by atoms with Crippen molar-refractivity contribution in [2.24, 2.45) is 0 Å². The van der Waals surface area contributed by atoms with Crippen LogP contribution in [0.25, 0.3) is 0 Å². The average molecular weight is 248 g/mol. The van der Waals surface area contributed by atoms with Crippen molar-refractivity contribution in [1.82, 2.24) is 4.98 Å². The number of carboxylic acid groups (broad SMARTS) is 1. The number of pyridine rings is 1. The molecule has 0 aliphatic rings. The fourth-order valence-corrected chi connectivity index (χ4v) is 1.66. The van der Waals surface area contributed by atoms with E-state index in [-0.39, 0.29) is 17.3 Å². The van der Waals surface area contributed by atoms with Gasteiger partial charge in [-0.3, -0.25) is 0 Å². The van der Waals surface area contributed by atoms with Crippen LogP contribution in [-0.4, -0.2) is 28.6 Å². The molecule has 1 aromatic heterocycles. The third-order valence-corrected chi connectivity index (χ3v) is 2.56. The van der Waals surface area contributed by atoms with Crippen LogP contribution >= 0.6 is 0 Å². The number of nitriles is 1. The molecule has 0 saturated heterocycles. The molecule has 0 aromatic carbocycles. The molecule has 0 amide bonds. The van der Waals surface area contributed by atoms with Gasteiger partial charge in [0.05, 0.1) is 23.7 Å². The summed E-state index contributed by atoms with van der Waals surface area (Å²) < 4.78 is 0. The Balaban J connectivity index is 3.17. The number of carboxylic acids is 1. The van der Waals surface area contributed by atoms with E-state index in [0.717, 1.165) is 0 Å². The molecule has 0 spiro atoms. The Labute approximate surface area is 106 Å². The van der Waals surface area contributed by atoms with E-state index in [1.54, 1.807) is 0 Å². The highest BCUT2D eigenvalue weighted by atomic mass is 16.4. The van der Waals surface area contributed by atoms with Gasteiger partial charge in [-0.05, 0) is 19.9 Å². The number of nitrogens with two attached hydrogens (primary N) is 1. The third-order valence-electron chi connectivity index (χ3n) is 2.56. The number of nitrogen functional groups attached to an aromatic ring is 1. The molecule has 0 atom stereocenters. The number of rotatable bonds is 5. The number of aromatic nitrogens is 1. The molecule has 0 aliphatic carbocycles. The number of carbonyl (C=O) groups is 1. The summed E-state index contributed by atoms with van der Waals surface area (Å²) in [6.45, 7) is 4.34. The van der Waals surface area contributed by atoms with E-state index in [0.29, 0.717) is 18.8 Å². The van der Waals surface area contributed by atoms with Gasteiger partial charge in [0.25, 0.3) is 0 Å². The number of anilines is 2. The van der Waals surface area contributed by atoms with Gasteiger partial charge < -0.3 is 15.7 Å². The van der Waals surface area contributed by atoms with Crippen molar-refractivity contribution in [2.75, 3.05) is 17.2 Å². The van der Waals surface area contributed by atoms with Gasteiger partial charge in [-0.15, -0.1) is 0 Å². The lowest BCUT2D eigenvalue weighted by Crippen LogP contribution is -2.33. The van der Waals surface area contributed by atoms with Gasteiger partial charge in [0.15, 0.2) is 5.82 Å². The minimum atomic E-state index is -1.08. The van der Waals surface area contributed by atoms with Crippen molar-refractivity contribution in [3.05, 3.63) is 17.8 Å². The molecule has 6 heteroatoms. The summed E-state index contributed by atoms with van der Waals surface area (Å²) in [5.74, 6) is -0.666. The van der Waals surface area contributed by atoms with E-state index >= 15 is 0 Å². The number of aromatic carboxylic acids is 1. The van der Waals surface area contributed by atoms with Gasteiger partial charge >= 0.3 is 5.97 Å². The first-order valence-electron chi connectivity index (χ1n) is 5.60. The Bertz CT molecular complexity index is 479. The van der Waals surface area contributed by atoms with Crippen LogP contribution in [0.3, 0.4) is 0 Å². The van der Waals surface area contributed by atoms with Crippen LogP contribution in [0.4, 0.5) is 11.5 Å². The Hall–Kier alpha value is -2.29. The topological polar surface area (TPSA) is 103 Å². The molecule has 96 valence electrons. The standard InChI is InChI=1S/C12H16N4O2/c1-8(2)16(7-3-5-13)11-10(14)9(12(17)18)4-6-15-11/h4,6,8H,3,7,14H2,1-2H3,(H,17,18). The van der Waals surface area contributed by atoms with Crippen molar-refractivity contribution in [2.45, 2.75) is 26.3 Å². The van der Waals surface area contributed by atoms with Gasteiger partial charge in [-0.1, -0.05) is 0 Å². The van der Waals surface area contributed by atoms with Crippen LogP contribution in [0.15, 0.2) is 12.3 Å². The quantitative estimate of drug-likeness (QED) is 0.818. The maximum atomic E-state index is 11.0. The second kappa shape index (κ2) is 5.87. The van der Waals surface area contributed by atoms with Gasteiger partial charge in [0, 0.05) is 18.8 Å². The predicted octanol–water partition coefficient (Wildman–Crippen LogP) is 1.49. The smallest absolute Gasteiger partial charge is 0.337 e. The molecule has 1 rings (SSSR count). The van der Waals surface area contributed by atoms with Gasteiger partial charge in [-0.2, -0.15) is 5.26 Å².